The minimum absolute atomic E-state index is 0.0972. The number of rotatable bonds is 1. The van der Waals surface area contributed by atoms with Crippen molar-refractivity contribution >= 4 is 12.6 Å². The summed E-state index contributed by atoms with van der Waals surface area (Å²) in [6.45, 7) is 1.94. The maximum Gasteiger partial charge on any atom is 0.126 e. The van der Waals surface area contributed by atoms with Gasteiger partial charge in [-0.3, -0.25) is 0 Å². The van der Waals surface area contributed by atoms with Crippen LogP contribution in [0.25, 0.3) is 0 Å². The van der Waals surface area contributed by atoms with E-state index in [4.69, 9.17) is 0 Å². The highest BCUT2D eigenvalue weighted by Gasteiger charge is 1.93. The maximum atomic E-state index is 12.6. The van der Waals surface area contributed by atoms with E-state index in [0.717, 1.165) is 12.0 Å². The molecule has 11 heavy (non-hydrogen) atoms. The van der Waals surface area contributed by atoms with Gasteiger partial charge in [-0.25, -0.2) is 4.39 Å². The summed E-state index contributed by atoms with van der Waals surface area (Å²) in [5.74, 6) is -0.0972. The van der Waals surface area contributed by atoms with Gasteiger partial charge in [0.1, 0.15) is 5.82 Å². The largest absolute Gasteiger partial charge is 0.207 e. The fourth-order valence-electron chi connectivity index (χ4n) is 0.785. The molecule has 0 aliphatic rings. The molecule has 1 aromatic rings. The van der Waals surface area contributed by atoms with E-state index >= 15 is 0 Å². The van der Waals surface area contributed by atoms with Gasteiger partial charge in [0.05, 0.1) is 0 Å². The van der Waals surface area contributed by atoms with Crippen LogP contribution in [-0.4, -0.2) is 6.26 Å². The van der Waals surface area contributed by atoms with Gasteiger partial charge in [-0.05, 0) is 24.3 Å². The van der Waals surface area contributed by atoms with Gasteiger partial charge in [0.15, 0.2) is 0 Å². The van der Waals surface area contributed by atoms with Crippen LogP contribution in [0.5, 0.6) is 0 Å². The molecule has 0 amide bonds. The topological polar surface area (TPSA) is 0 Å². The first-order valence-electron chi connectivity index (χ1n) is 3.52. The molecule has 0 aliphatic carbocycles. The number of thiol groups is 1. The van der Waals surface area contributed by atoms with Gasteiger partial charge in [-0.15, -0.1) is 0 Å². The molecule has 0 aromatic heterocycles. The van der Waals surface area contributed by atoms with Crippen LogP contribution in [0.15, 0.2) is 24.3 Å². The summed E-state index contributed by atoms with van der Waals surface area (Å²) in [6, 6.07) is 6.84. The highest BCUT2D eigenvalue weighted by molar-refractivity contribution is 7.79. The predicted molar refractivity (Wildman–Crippen MR) is 50.7 cm³/mol. The summed E-state index contributed by atoms with van der Waals surface area (Å²) < 4.78 is 12.6. The average molecular weight is 172 g/mol. The molecule has 0 radical (unpaired) electrons. The van der Waals surface area contributed by atoms with Gasteiger partial charge in [0, 0.05) is 0 Å². The first-order valence-corrected chi connectivity index (χ1v) is 4.42. The Labute approximate surface area is 72.9 Å². The summed E-state index contributed by atoms with van der Waals surface area (Å²) in [5.41, 5.74) is 0.789. The van der Waals surface area contributed by atoms with E-state index in [1.165, 1.54) is 6.07 Å². The minimum Gasteiger partial charge on any atom is -0.207 e. The first-order chi connectivity index (χ1) is 5.34. The van der Waals surface area contributed by atoms with Crippen molar-refractivity contribution in [3.8, 4) is 0 Å². The molecule has 0 heterocycles. The predicted octanol–water partition coefficient (Wildman–Crippen LogP) is 2.93. The van der Waals surface area contributed by atoms with Gasteiger partial charge in [-0.2, -0.15) is 12.6 Å². The number of hydrogen-bond acceptors (Lipinski definition) is 1. The molecule has 0 N–H and O–H groups in total. The minimum atomic E-state index is -0.0972. The second-order valence-corrected chi connectivity index (χ2v) is 1.94. The Bertz CT molecular complexity index is 199. The molecular weight excluding hydrogens is 159 g/mol. The zero-order chi connectivity index (χ0) is 8.69. The molecule has 2 heteroatoms. The zero-order valence-electron chi connectivity index (χ0n) is 6.84. The molecule has 0 saturated carbocycles. The first kappa shape index (κ1) is 10.5. The smallest absolute Gasteiger partial charge is 0.126 e. The molecule has 1 aromatic carbocycles. The lowest BCUT2D eigenvalue weighted by molar-refractivity contribution is 0.612. The van der Waals surface area contributed by atoms with Crippen LogP contribution in [0.2, 0.25) is 0 Å². The van der Waals surface area contributed by atoms with E-state index in [2.05, 4.69) is 12.6 Å². The van der Waals surface area contributed by atoms with Crippen molar-refractivity contribution in [1.29, 1.82) is 0 Å². The fraction of sp³-hybridized carbons (Fsp3) is 0.333. The van der Waals surface area contributed by atoms with Gasteiger partial charge >= 0.3 is 0 Å². The lowest BCUT2D eigenvalue weighted by Crippen LogP contribution is -1.83. The van der Waals surface area contributed by atoms with Crippen molar-refractivity contribution in [1.82, 2.24) is 0 Å². The standard InChI is InChI=1S/C8H9F.CH4S/c1-2-7-5-3-4-6-8(7)9;1-2/h3-6H,2H2,1H3;2H,1H3. The van der Waals surface area contributed by atoms with Gasteiger partial charge in [0.2, 0.25) is 0 Å². The Morgan fingerprint density at radius 2 is 1.82 bits per heavy atom. The fourth-order valence-corrected chi connectivity index (χ4v) is 0.785. The quantitative estimate of drug-likeness (QED) is 0.619. The summed E-state index contributed by atoms with van der Waals surface area (Å²) >= 11 is 3.53. The van der Waals surface area contributed by atoms with Gasteiger partial charge in [-0.1, -0.05) is 25.1 Å². The van der Waals surface area contributed by atoms with Crippen LogP contribution in [-0.2, 0) is 6.42 Å². The number of aryl methyl sites for hydroxylation is 1. The van der Waals surface area contributed by atoms with E-state index in [9.17, 15) is 4.39 Å². The molecule has 0 bridgehead atoms. The summed E-state index contributed by atoms with van der Waals surface area (Å²) in [6.07, 6.45) is 2.46. The summed E-state index contributed by atoms with van der Waals surface area (Å²) in [7, 11) is 0. The van der Waals surface area contributed by atoms with Gasteiger partial charge in [0.25, 0.3) is 0 Å². The van der Waals surface area contributed by atoms with Crippen LogP contribution in [0.3, 0.4) is 0 Å². The van der Waals surface area contributed by atoms with Crippen molar-refractivity contribution in [2.24, 2.45) is 0 Å². The van der Waals surface area contributed by atoms with E-state index in [0.29, 0.717) is 0 Å². The molecule has 0 atom stereocenters. The van der Waals surface area contributed by atoms with Crippen LogP contribution >= 0.6 is 12.6 Å². The molecular formula is C9H13FS. The lowest BCUT2D eigenvalue weighted by atomic mass is 10.2. The summed E-state index contributed by atoms with van der Waals surface area (Å²) in [5, 5.41) is 0. The molecule has 0 unspecified atom stereocenters. The monoisotopic (exact) mass is 172 g/mol. The van der Waals surface area contributed by atoms with Crippen molar-refractivity contribution in [2.75, 3.05) is 6.26 Å². The Hall–Kier alpha value is -0.500. The second-order valence-electron chi connectivity index (χ2n) is 1.94. The third-order valence-electron chi connectivity index (χ3n) is 1.34. The van der Waals surface area contributed by atoms with E-state index in [1.807, 2.05) is 13.0 Å². The van der Waals surface area contributed by atoms with Crippen molar-refractivity contribution < 1.29 is 4.39 Å². The highest BCUT2D eigenvalue weighted by Crippen LogP contribution is 2.05. The Morgan fingerprint density at radius 1 is 1.27 bits per heavy atom. The number of hydrogen-bond donors (Lipinski definition) is 1. The lowest BCUT2D eigenvalue weighted by Gasteiger charge is -1.94. The Kier molecular flexibility index (Phi) is 5.94. The van der Waals surface area contributed by atoms with Crippen LogP contribution in [0.1, 0.15) is 12.5 Å². The third-order valence-corrected chi connectivity index (χ3v) is 1.34. The number of halogens is 1. The van der Waals surface area contributed by atoms with Crippen molar-refractivity contribution in [2.45, 2.75) is 13.3 Å². The zero-order valence-corrected chi connectivity index (χ0v) is 7.74. The molecule has 1 rings (SSSR count). The molecule has 0 fully saturated rings. The Balaban J connectivity index is 0.000000461. The SMILES string of the molecule is CCc1ccccc1F.CS. The van der Waals surface area contributed by atoms with Gasteiger partial charge < -0.3 is 0 Å². The maximum absolute atomic E-state index is 12.6. The summed E-state index contributed by atoms with van der Waals surface area (Å²) in [4.78, 5) is 0. The number of benzene rings is 1. The third kappa shape index (κ3) is 3.42. The van der Waals surface area contributed by atoms with Crippen molar-refractivity contribution in [3.63, 3.8) is 0 Å². The normalized spacial score (nSPS) is 8.36. The van der Waals surface area contributed by atoms with Crippen LogP contribution < -0.4 is 0 Å². The van der Waals surface area contributed by atoms with Crippen LogP contribution in [0.4, 0.5) is 4.39 Å². The molecule has 0 aliphatic heterocycles. The Morgan fingerprint density at radius 3 is 2.18 bits per heavy atom. The van der Waals surface area contributed by atoms with Crippen molar-refractivity contribution in [3.05, 3.63) is 35.6 Å². The van der Waals surface area contributed by atoms with E-state index in [1.54, 1.807) is 18.4 Å². The molecule has 0 nitrogen and oxygen atoms in total. The molecule has 0 spiro atoms. The van der Waals surface area contributed by atoms with E-state index < -0.39 is 0 Å². The highest BCUT2D eigenvalue weighted by atomic mass is 32.1. The molecule has 0 saturated heterocycles. The second kappa shape index (κ2) is 6.23. The average Bonchev–Trinajstić information content (AvgIpc) is 2.09. The van der Waals surface area contributed by atoms with E-state index in [-0.39, 0.29) is 5.82 Å². The van der Waals surface area contributed by atoms with Crippen LogP contribution in [0, 0.1) is 5.82 Å². The molecule has 62 valence electrons.